The van der Waals surface area contributed by atoms with Gasteiger partial charge in [-0.2, -0.15) is 0 Å². The molecule has 0 aromatic carbocycles. The molecule has 0 aromatic rings. The standard InChI is InChI=1S/C7H9N4O4/c8-6(12)10-5(11(13)14)4-9-2-1-3-15-7(9)10/h1,4,7H,2-3H2,(H2,8,12). The van der Waals surface area contributed by atoms with E-state index in [-0.39, 0.29) is 5.82 Å². The van der Waals surface area contributed by atoms with Crippen molar-refractivity contribution in [3.63, 3.8) is 0 Å². The van der Waals surface area contributed by atoms with Gasteiger partial charge in [0.2, 0.25) is 0 Å². The van der Waals surface area contributed by atoms with Gasteiger partial charge in [-0.3, -0.25) is 0 Å². The first-order valence-electron chi connectivity index (χ1n) is 4.25. The molecule has 1 radical (unpaired) electrons. The Labute approximate surface area is 85.0 Å². The average Bonchev–Trinajstić information content (AvgIpc) is 2.56. The molecule has 1 atom stereocenters. The second kappa shape index (κ2) is 3.39. The van der Waals surface area contributed by atoms with Crippen molar-refractivity contribution in [1.82, 2.24) is 9.80 Å². The van der Waals surface area contributed by atoms with E-state index < -0.39 is 17.3 Å². The van der Waals surface area contributed by atoms with E-state index in [2.05, 4.69) is 0 Å². The molecule has 0 saturated carbocycles. The summed E-state index contributed by atoms with van der Waals surface area (Å²) in [5.41, 5.74) is 5.06. The number of rotatable bonds is 1. The number of carbonyl (C=O) groups excluding carboxylic acids is 1. The molecule has 0 aliphatic carbocycles. The molecule has 15 heavy (non-hydrogen) atoms. The van der Waals surface area contributed by atoms with Gasteiger partial charge >= 0.3 is 11.9 Å². The highest BCUT2D eigenvalue weighted by Crippen LogP contribution is 2.26. The third-order valence-electron chi connectivity index (χ3n) is 2.16. The van der Waals surface area contributed by atoms with Crippen molar-refractivity contribution in [2.75, 3.05) is 13.2 Å². The average molecular weight is 213 g/mol. The molecule has 8 nitrogen and oxygen atoms in total. The largest absolute Gasteiger partial charge is 0.410 e. The van der Waals surface area contributed by atoms with Gasteiger partial charge in [0.15, 0.2) is 0 Å². The normalized spacial score (nSPS) is 24.8. The van der Waals surface area contributed by atoms with Crippen LogP contribution in [0.3, 0.4) is 0 Å². The van der Waals surface area contributed by atoms with Crippen molar-refractivity contribution in [2.24, 2.45) is 5.73 Å². The van der Waals surface area contributed by atoms with Crippen molar-refractivity contribution in [2.45, 2.75) is 6.35 Å². The second-order valence-electron chi connectivity index (χ2n) is 3.10. The molecule has 1 fully saturated rings. The predicted octanol–water partition coefficient (Wildman–Crippen LogP) is -0.724. The number of amides is 2. The van der Waals surface area contributed by atoms with Crippen LogP contribution in [0.15, 0.2) is 12.0 Å². The lowest BCUT2D eigenvalue weighted by molar-refractivity contribution is -0.444. The highest BCUT2D eigenvalue weighted by atomic mass is 16.6. The van der Waals surface area contributed by atoms with Crippen LogP contribution in [0.25, 0.3) is 0 Å². The van der Waals surface area contributed by atoms with Crippen LogP contribution in [0, 0.1) is 16.5 Å². The lowest BCUT2D eigenvalue weighted by Gasteiger charge is -2.29. The Balaban J connectivity index is 2.29. The van der Waals surface area contributed by atoms with Crippen LogP contribution in [-0.4, -0.2) is 40.3 Å². The van der Waals surface area contributed by atoms with Gasteiger partial charge in [-0.05, 0) is 4.92 Å². The molecule has 1 unspecified atom stereocenters. The van der Waals surface area contributed by atoms with Crippen LogP contribution < -0.4 is 5.73 Å². The number of primary amides is 1. The van der Waals surface area contributed by atoms with Gasteiger partial charge in [-0.15, -0.1) is 4.90 Å². The maximum Gasteiger partial charge on any atom is 0.410 e. The Morgan fingerprint density at radius 3 is 3.07 bits per heavy atom. The molecule has 0 aromatic heterocycles. The number of hydrogen-bond acceptors (Lipinski definition) is 5. The first kappa shape index (κ1) is 9.71. The molecule has 2 rings (SSSR count). The summed E-state index contributed by atoms with van der Waals surface area (Å²) < 4.78 is 5.20. The second-order valence-corrected chi connectivity index (χ2v) is 3.10. The predicted molar refractivity (Wildman–Crippen MR) is 47.2 cm³/mol. The molecule has 2 heterocycles. The molecule has 2 aliphatic heterocycles. The SMILES string of the molecule is NC(=O)N1C([N+](=O)[O-])=CN2C[CH]COC21. The summed E-state index contributed by atoms with van der Waals surface area (Å²) in [4.78, 5) is 23.4. The Morgan fingerprint density at radius 2 is 2.47 bits per heavy atom. The summed E-state index contributed by atoms with van der Waals surface area (Å²) in [6.45, 7) is 0.829. The lowest BCUT2D eigenvalue weighted by atomic mass is 10.4. The molecule has 2 aliphatic rings. The van der Waals surface area contributed by atoms with E-state index in [1.807, 2.05) is 0 Å². The molecule has 2 amide bonds. The molecule has 81 valence electrons. The maximum atomic E-state index is 11.1. The quantitative estimate of drug-likeness (QED) is 0.457. The zero-order chi connectivity index (χ0) is 11.0. The number of nitrogens with zero attached hydrogens (tertiary/aromatic N) is 3. The summed E-state index contributed by atoms with van der Waals surface area (Å²) in [6.07, 6.45) is 2.27. The van der Waals surface area contributed by atoms with Crippen molar-refractivity contribution >= 4 is 6.03 Å². The summed E-state index contributed by atoms with van der Waals surface area (Å²) in [5.74, 6) is -0.359. The first-order chi connectivity index (χ1) is 7.11. The van der Waals surface area contributed by atoms with Crippen LogP contribution in [-0.2, 0) is 4.74 Å². The minimum absolute atomic E-state index is 0.337. The Kier molecular flexibility index (Phi) is 2.19. The van der Waals surface area contributed by atoms with Gasteiger partial charge in [0.05, 0.1) is 12.8 Å². The van der Waals surface area contributed by atoms with Crippen molar-refractivity contribution in [3.8, 4) is 0 Å². The van der Waals surface area contributed by atoms with Crippen molar-refractivity contribution in [1.29, 1.82) is 0 Å². The third kappa shape index (κ3) is 1.48. The molecule has 8 heteroatoms. The Morgan fingerprint density at radius 1 is 1.73 bits per heavy atom. The molecule has 2 N–H and O–H groups in total. The van der Waals surface area contributed by atoms with Crippen LogP contribution in [0.1, 0.15) is 0 Å². The van der Waals surface area contributed by atoms with Gasteiger partial charge in [-0.1, -0.05) is 0 Å². The third-order valence-corrected chi connectivity index (χ3v) is 2.16. The van der Waals surface area contributed by atoms with E-state index >= 15 is 0 Å². The molecule has 0 spiro atoms. The number of fused-ring (bicyclic) bond motifs is 1. The fraction of sp³-hybridized carbons (Fsp3) is 0.429. The number of nitro groups is 1. The summed E-state index contributed by atoms with van der Waals surface area (Å²) in [5, 5.41) is 10.7. The molecular formula is C7H9N4O4. The number of nitrogens with two attached hydrogens (primary N) is 1. The lowest BCUT2D eigenvalue weighted by Crippen LogP contribution is -2.50. The number of carbonyl (C=O) groups is 1. The van der Waals surface area contributed by atoms with Crippen LogP contribution in [0.5, 0.6) is 0 Å². The van der Waals surface area contributed by atoms with Gasteiger partial charge in [0, 0.05) is 13.0 Å². The first-order valence-corrected chi connectivity index (χ1v) is 4.25. The minimum atomic E-state index is -0.896. The van der Waals surface area contributed by atoms with Crippen LogP contribution in [0.2, 0.25) is 0 Å². The number of ether oxygens (including phenoxy) is 1. The summed E-state index contributed by atoms with van der Waals surface area (Å²) in [7, 11) is 0. The number of urea groups is 1. The monoisotopic (exact) mass is 213 g/mol. The van der Waals surface area contributed by atoms with Crippen LogP contribution in [0.4, 0.5) is 4.79 Å². The highest BCUT2D eigenvalue weighted by Gasteiger charge is 2.46. The van der Waals surface area contributed by atoms with E-state index in [9.17, 15) is 14.9 Å². The van der Waals surface area contributed by atoms with Gasteiger partial charge in [0.25, 0.3) is 6.35 Å². The Bertz CT molecular complexity index is 342. The zero-order valence-electron chi connectivity index (χ0n) is 7.70. The Hall–Kier alpha value is -1.83. The van der Waals surface area contributed by atoms with E-state index in [0.717, 1.165) is 4.90 Å². The molecular weight excluding hydrogens is 204 g/mol. The minimum Gasteiger partial charge on any atom is -0.358 e. The highest BCUT2D eigenvalue weighted by molar-refractivity contribution is 5.74. The number of hydrogen-bond donors (Lipinski definition) is 1. The van der Waals surface area contributed by atoms with Gasteiger partial charge < -0.3 is 25.5 Å². The van der Waals surface area contributed by atoms with E-state index in [4.69, 9.17) is 10.5 Å². The fourth-order valence-electron chi connectivity index (χ4n) is 1.56. The van der Waals surface area contributed by atoms with Gasteiger partial charge in [-0.25, -0.2) is 4.79 Å². The van der Waals surface area contributed by atoms with E-state index in [1.54, 1.807) is 6.42 Å². The topological polar surface area (TPSA) is 102 Å². The summed E-state index contributed by atoms with van der Waals surface area (Å²) >= 11 is 0. The van der Waals surface area contributed by atoms with E-state index in [1.165, 1.54) is 11.1 Å². The molecule has 1 saturated heterocycles. The smallest absolute Gasteiger partial charge is 0.358 e. The summed E-state index contributed by atoms with van der Waals surface area (Å²) in [6, 6.07) is -0.896. The van der Waals surface area contributed by atoms with Crippen molar-refractivity contribution < 1.29 is 14.5 Å². The zero-order valence-corrected chi connectivity index (χ0v) is 7.70. The van der Waals surface area contributed by atoms with E-state index in [0.29, 0.717) is 13.2 Å². The molecule has 0 bridgehead atoms. The maximum absolute atomic E-state index is 11.1. The van der Waals surface area contributed by atoms with Gasteiger partial charge in [0.1, 0.15) is 0 Å². The van der Waals surface area contributed by atoms with Crippen molar-refractivity contribution in [3.05, 3.63) is 28.6 Å². The van der Waals surface area contributed by atoms with Crippen LogP contribution >= 0.6 is 0 Å². The fourth-order valence-corrected chi connectivity index (χ4v) is 1.56.